The van der Waals surface area contributed by atoms with Crippen LogP contribution in [0.25, 0.3) is 11.0 Å². The van der Waals surface area contributed by atoms with E-state index >= 15 is 0 Å². The van der Waals surface area contributed by atoms with Crippen LogP contribution in [-0.2, 0) is 11.3 Å². The van der Waals surface area contributed by atoms with E-state index in [1.54, 1.807) is 6.07 Å². The molecule has 0 aliphatic carbocycles. The molecule has 0 fully saturated rings. The van der Waals surface area contributed by atoms with E-state index in [-0.39, 0.29) is 11.9 Å². The number of benzene rings is 1. The topological polar surface area (TPSA) is 53.1 Å². The van der Waals surface area contributed by atoms with Crippen LogP contribution in [0.1, 0.15) is 13.8 Å². The summed E-state index contributed by atoms with van der Waals surface area (Å²) in [6, 6.07) is 4.47. The van der Waals surface area contributed by atoms with Gasteiger partial charge in [-0.15, -0.1) is 0 Å². The number of anilines is 1. The molecular weight excluding hydrogens is 221 g/mol. The largest absolute Gasteiger partial charge is 0.377 e. The van der Waals surface area contributed by atoms with Gasteiger partial charge in [-0.1, -0.05) is 0 Å². The molecule has 2 aromatic rings. The number of fused-ring (bicyclic) bond motifs is 1. The summed E-state index contributed by atoms with van der Waals surface area (Å²) in [7, 11) is 0. The standard InChI is InChI=1S/C12H16FN3O/c1-8(2)17-6-5-16-11-4-3-9(13)7-10(11)15-12(16)14/h3-4,7-8H,5-6H2,1-2H3,(H2,14,15). The SMILES string of the molecule is CC(C)OCCn1c(N)nc2cc(F)ccc21. The summed E-state index contributed by atoms with van der Waals surface area (Å²) in [6.07, 6.45) is 0.184. The Morgan fingerprint density at radius 2 is 2.24 bits per heavy atom. The lowest BCUT2D eigenvalue weighted by atomic mass is 10.3. The normalized spacial score (nSPS) is 11.5. The van der Waals surface area contributed by atoms with Crippen molar-refractivity contribution in [1.82, 2.24) is 9.55 Å². The molecule has 4 nitrogen and oxygen atoms in total. The monoisotopic (exact) mass is 237 g/mol. The Morgan fingerprint density at radius 1 is 1.47 bits per heavy atom. The Balaban J connectivity index is 2.24. The highest BCUT2D eigenvalue weighted by Gasteiger charge is 2.08. The number of imidazole rings is 1. The lowest BCUT2D eigenvalue weighted by Crippen LogP contribution is -2.12. The molecule has 1 heterocycles. The Labute approximate surface area is 99.2 Å². The van der Waals surface area contributed by atoms with Crippen LogP contribution in [-0.4, -0.2) is 22.3 Å². The van der Waals surface area contributed by atoms with Gasteiger partial charge in [0, 0.05) is 12.6 Å². The van der Waals surface area contributed by atoms with E-state index in [0.717, 1.165) is 5.52 Å². The summed E-state index contributed by atoms with van der Waals surface area (Å²) >= 11 is 0. The maximum Gasteiger partial charge on any atom is 0.201 e. The average Bonchev–Trinajstić information content (AvgIpc) is 2.54. The van der Waals surface area contributed by atoms with Crippen LogP contribution in [0.15, 0.2) is 18.2 Å². The predicted molar refractivity (Wildman–Crippen MR) is 65.2 cm³/mol. The molecule has 0 saturated heterocycles. The molecular formula is C12H16FN3O. The first-order valence-corrected chi connectivity index (χ1v) is 5.61. The van der Waals surface area contributed by atoms with Gasteiger partial charge in [-0.25, -0.2) is 9.37 Å². The van der Waals surface area contributed by atoms with Gasteiger partial charge in [-0.3, -0.25) is 0 Å². The number of hydrogen-bond acceptors (Lipinski definition) is 3. The van der Waals surface area contributed by atoms with Gasteiger partial charge >= 0.3 is 0 Å². The fraction of sp³-hybridized carbons (Fsp3) is 0.417. The first-order chi connectivity index (χ1) is 8.08. The molecule has 92 valence electrons. The maximum absolute atomic E-state index is 13.0. The highest BCUT2D eigenvalue weighted by molar-refractivity contribution is 5.78. The molecule has 0 aliphatic rings. The Hall–Kier alpha value is -1.62. The summed E-state index contributed by atoms with van der Waals surface area (Å²) in [5.41, 5.74) is 7.20. The first kappa shape index (κ1) is 11.9. The number of nitrogens with two attached hydrogens (primary N) is 1. The van der Waals surface area contributed by atoms with Crippen LogP contribution in [0.2, 0.25) is 0 Å². The number of nitrogens with zero attached hydrogens (tertiary/aromatic N) is 2. The number of rotatable bonds is 4. The average molecular weight is 237 g/mol. The van der Waals surface area contributed by atoms with E-state index in [4.69, 9.17) is 10.5 Å². The molecule has 2 rings (SSSR count). The molecule has 0 amide bonds. The second kappa shape index (κ2) is 4.71. The third kappa shape index (κ3) is 2.55. The molecule has 0 unspecified atom stereocenters. The van der Waals surface area contributed by atoms with Crippen LogP contribution < -0.4 is 5.73 Å². The van der Waals surface area contributed by atoms with Gasteiger partial charge < -0.3 is 15.0 Å². The zero-order valence-electron chi connectivity index (χ0n) is 9.98. The molecule has 0 radical (unpaired) electrons. The molecule has 0 atom stereocenters. The summed E-state index contributed by atoms with van der Waals surface area (Å²) in [6.45, 7) is 5.13. The Morgan fingerprint density at radius 3 is 2.94 bits per heavy atom. The van der Waals surface area contributed by atoms with Crippen molar-refractivity contribution in [3.05, 3.63) is 24.0 Å². The number of ether oxygens (including phenoxy) is 1. The minimum atomic E-state index is -0.305. The first-order valence-electron chi connectivity index (χ1n) is 5.61. The van der Waals surface area contributed by atoms with Crippen molar-refractivity contribution in [2.75, 3.05) is 12.3 Å². The van der Waals surface area contributed by atoms with Crippen molar-refractivity contribution in [3.63, 3.8) is 0 Å². The van der Waals surface area contributed by atoms with Crippen LogP contribution in [0.3, 0.4) is 0 Å². The zero-order chi connectivity index (χ0) is 12.4. The van der Waals surface area contributed by atoms with E-state index in [0.29, 0.717) is 24.6 Å². The predicted octanol–water partition coefficient (Wildman–Crippen LogP) is 2.18. The maximum atomic E-state index is 13.0. The van der Waals surface area contributed by atoms with Gasteiger partial charge in [0.05, 0.1) is 23.7 Å². The van der Waals surface area contributed by atoms with Crippen molar-refractivity contribution >= 4 is 17.0 Å². The minimum absolute atomic E-state index is 0.184. The molecule has 0 saturated carbocycles. The van der Waals surface area contributed by atoms with Gasteiger partial charge in [-0.05, 0) is 26.0 Å². The van der Waals surface area contributed by atoms with Gasteiger partial charge in [0.1, 0.15) is 5.82 Å². The summed E-state index contributed by atoms with van der Waals surface area (Å²) in [4.78, 5) is 4.12. The third-order valence-corrected chi connectivity index (χ3v) is 2.51. The van der Waals surface area contributed by atoms with Crippen molar-refractivity contribution in [3.8, 4) is 0 Å². The van der Waals surface area contributed by atoms with Gasteiger partial charge in [-0.2, -0.15) is 0 Å². The minimum Gasteiger partial charge on any atom is -0.377 e. The van der Waals surface area contributed by atoms with E-state index in [9.17, 15) is 4.39 Å². The van der Waals surface area contributed by atoms with Crippen LogP contribution >= 0.6 is 0 Å². The number of hydrogen-bond donors (Lipinski definition) is 1. The highest BCUT2D eigenvalue weighted by Crippen LogP contribution is 2.18. The van der Waals surface area contributed by atoms with E-state index < -0.39 is 0 Å². The second-order valence-electron chi connectivity index (χ2n) is 4.17. The van der Waals surface area contributed by atoms with Gasteiger partial charge in [0.15, 0.2) is 0 Å². The van der Waals surface area contributed by atoms with Gasteiger partial charge in [0.25, 0.3) is 0 Å². The van der Waals surface area contributed by atoms with Crippen LogP contribution in [0.4, 0.5) is 10.3 Å². The third-order valence-electron chi connectivity index (χ3n) is 2.51. The second-order valence-corrected chi connectivity index (χ2v) is 4.17. The molecule has 0 bridgehead atoms. The smallest absolute Gasteiger partial charge is 0.201 e. The lowest BCUT2D eigenvalue weighted by molar-refractivity contribution is 0.0735. The lowest BCUT2D eigenvalue weighted by Gasteiger charge is -2.09. The van der Waals surface area contributed by atoms with Crippen molar-refractivity contribution in [2.45, 2.75) is 26.5 Å². The van der Waals surface area contributed by atoms with Crippen molar-refractivity contribution < 1.29 is 9.13 Å². The van der Waals surface area contributed by atoms with E-state index in [1.807, 2.05) is 18.4 Å². The molecule has 1 aromatic heterocycles. The Bertz CT molecular complexity index is 522. The van der Waals surface area contributed by atoms with Gasteiger partial charge in [0.2, 0.25) is 5.95 Å². The molecule has 0 aliphatic heterocycles. The van der Waals surface area contributed by atoms with Crippen molar-refractivity contribution in [2.24, 2.45) is 0 Å². The van der Waals surface area contributed by atoms with Crippen LogP contribution in [0.5, 0.6) is 0 Å². The summed E-state index contributed by atoms with van der Waals surface area (Å²) in [5.74, 6) is 0.0820. The highest BCUT2D eigenvalue weighted by atomic mass is 19.1. The molecule has 1 aromatic carbocycles. The molecule has 5 heteroatoms. The summed E-state index contributed by atoms with van der Waals surface area (Å²) < 4.78 is 20.3. The fourth-order valence-electron chi connectivity index (χ4n) is 1.74. The number of aromatic nitrogens is 2. The van der Waals surface area contributed by atoms with E-state index in [1.165, 1.54) is 12.1 Å². The fourth-order valence-corrected chi connectivity index (χ4v) is 1.74. The Kier molecular flexibility index (Phi) is 3.28. The number of nitrogen functional groups attached to an aromatic ring is 1. The zero-order valence-corrected chi connectivity index (χ0v) is 9.98. The van der Waals surface area contributed by atoms with E-state index in [2.05, 4.69) is 4.98 Å². The van der Waals surface area contributed by atoms with Crippen molar-refractivity contribution in [1.29, 1.82) is 0 Å². The molecule has 2 N–H and O–H groups in total. The number of halogens is 1. The van der Waals surface area contributed by atoms with Crippen LogP contribution in [0, 0.1) is 5.82 Å². The quantitative estimate of drug-likeness (QED) is 0.886. The molecule has 17 heavy (non-hydrogen) atoms. The summed E-state index contributed by atoms with van der Waals surface area (Å²) in [5, 5.41) is 0. The molecule has 0 spiro atoms.